The van der Waals surface area contributed by atoms with Crippen LogP contribution in [0.25, 0.3) is 0 Å². The van der Waals surface area contributed by atoms with Crippen LogP contribution in [0, 0.1) is 0 Å². The van der Waals surface area contributed by atoms with Crippen LogP contribution in [-0.2, 0) is 0 Å². The van der Waals surface area contributed by atoms with E-state index in [4.69, 9.17) is 0 Å². The maximum atomic E-state index is 4.39. The number of hydrogen-bond donors (Lipinski definition) is 1. The van der Waals surface area contributed by atoms with Crippen molar-refractivity contribution in [2.45, 2.75) is 38.5 Å². The van der Waals surface area contributed by atoms with Crippen molar-refractivity contribution in [3.05, 3.63) is 0 Å². The number of unbranched alkanes of at least 4 members (excludes halogenated alkanes) is 1. The van der Waals surface area contributed by atoms with Crippen LogP contribution in [0.1, 0.15) is 38.5 Å². The van der Waals surface area contributed by atoms with Gasteiger partial charge in [-0.25, -0.2) is 0 Å². The van der Waals surface area contributed by atoms with Gasteiger partial charge in [-0.2, -0.15) is 0 Å². The van der Waals surface area contributed by atoms with Gasteiger partial charge in [-0.3, -0.25) is 4.99 Å². The van der Waals surface area contributed by atoms with Gasteiger partial charge in [-0.1, -0.05) is 24.6 Å². The normalized spacial score (nSPS) is 22.0. The largest absolute Gasteiger partial charge is 0.363 e. The van der Waals surface area contributed by atoms with E-state index in [-0.39, 0.29) is 0 Å². The van der Waals surface area contributed by atoms with Gasteiger partial charge in [0.25, 0.3) is 0 Å². The molecule has 1 saturated heterocycles. The molecule has 0 spiro atoms. The molecule has 2 aliphatic rings. The van der Waals surface area contributed by atoms with Gasteiger partial charge in [0.15, 0.2) is 5.17 Å². The standard InChI is InChI=1S/C13H25N3S/c1-2-4-10-16(9-3-1)11-5-6-12-17-13-14-7-8-15-13/h1-12H2,(H,14,15). The Kier molecular flexibility index (Phi) is 6.21. The van der Waals surface area contributed by atoms with Crippen LogP contribution in [-0.4, -0.2) is 48.5 Å². The molecule has 0 aromatic carbocycles. The van der Waals surface area contributed by atoms with Gasteiger partial charge in [0.05, 0.1) is 6.54 Å². The van der Waals surface area contributed by atoms with Gasteiger partial charge < -0.3 is 10.2 Å². The second-order valence-corrected chi connectivity index (χ2v) is 6.01. The molecule has 0 atom stereocenters. The molecule has 0 aromatic rings. The predicted molar refractivity (Wildman–Crippen MR) is 76.9 cm³/mol. The van der Waals surface area contributed by atoms with Crippen LogP contribution in [0.3, 0.4) is 0 Å². The van der Waals surface area contributed by atoms with E-state index in [2.05, 4.69) is 15.2 Å². The van der Waals surface area contributed by atoms with Crippen LogP contribution in [0.4, 0.5) is 0 Å². The Morgan fingerprint density at radius 2 is 1.94 bits per heavy atom. The average molecular weight is 255 g/mol. The number of hydrogen-bond acceptors (Lipinski definition) is 4. The lowest BCUT2D eigenvalue weighted by Crippen LogP contribution is -2.25. The minimum absolute atomic E-state index is 0.968. The zero-order valence-corrected chi connectivity index (χ0v) is 11.6. The Balaban J connectivity index is 1.47. The molecule has 0 saturated carbocycles. The lowest BCUT2D eigenvalue weighted by Gasteiger charge is -2.19. The number of aliphatic imine (C=N–C) groups is 1. The second kappa shape index (κ2) is 7.98. The number of nitrogens with one attached hydrogen (secondary N) is 1. The predicted octanol–water partition coefficient (Wildman–Crippen LogP) is 2.34. The molecule has 0 aromatic heterocycles. The molecule has 0 unspecified atom stereocenters. The Morgan fingerprint density at radius 3 is 2.65 bits per heavy atom. The van der Waals surface area contributed by atoms with Gasteiger partial charge in [0, 0.05) is 12.3 Å². The van der Waals surface area contributed by atoms with Crippen molar-refractivity contribution in [3.8, 4) is 0 Å². The molecule has 2 rings (SSSR count). The van der Waals surface area contributed by atoms with E-state index in [1.807, 2.05) is 11.8 Å². The van der Waals surface area contributed by atoms with Crippen molar-refractivity contribution in [2.75, 3.05) is 38.5 Å². The third kappa shape index (κ3) is 5.30. The summed E-state index contributed by atoms with van der Waals surface area (Å²) >= 11 is 1.90. The Labute approximate surface area is 109 Å². The zero-order chi connectivity index (χ0) is 11.8. The van der Waals surface area contributed by atoms with E-state index in [9.17, 15) is 0 Å². The SMILES string of the molecule is C1CCCN(CCCCSC2=NCCN2)CC1. The third-order valence-corrected chi connectivity index (χ3v) is 4.49. The number of nitrogens with zero attached hydrogens (tertiary/aromatic N) is 2. The Hall–Kier alpha value is -0.220. The summed E-state index contributed by atoms with van der Waals surface area (Å²) in [6.45, 7) is 5.98. The maximum Gasteiger partial charge on any atom is 0.156 e. The summed E-state index contributed by atoms with van der Waals surface area (Å²) in [5.74, 6) is 1.22. The number of thioether (sulfide) groups is 1. The van der Waals surface area contributed by atoms with Crippen LogP contribution in [0.2, 0.25) is 0 Å². The molecule has 98 valence electrons. The highest BCUT2D eigenvalue weighted by molar-refractivity contribution is 8.13. The highest BCUT2D eigenvalue weighted by Gasteiger charge is 2.08. The Bertz CT molecular complexity index is 235. The quantitative estimate of drug-likeness (QED) is 0.764. The van der Waals surface area contributed by atoms with Gasteiger partial charge >= 0.3 is 0 Å². The van der Waals surface area contributed by atoms with E-state index >= 15 is 0 Å². The first-order valence-electron chi connectivity index (χ1n) is 7.08. The molecule has 0 bridgehead atoms. The molecule has 17 heavy (non-hydrogen) atoms. The maximum absolute atomic E-state index is 4.39. The molecule has 4 heteroatoms. The smallest absolute Gasteiger partial charge is 0.156 e. The van der Waals surface area contributed by atoms with E-state index in [0.717, 1.165) is 13.1 Å². The van der Waals surface area contributed by atoms with Crippen molar-refractivity contribution in [2.24, 2.45) is 4.99 Å². The third-order valence-electron chi connectivity index (χ3n) is 3.45. The van der Waals surface area contributed by atoms with Crippen molar-refractivity contribution >= 4 is 16.9 Å². The summed E-state index contributed by atoms with van der Waals surface area (Å²) in [5, 5.41) is 4.47. The molecule has 0 radical (unpaired) electrons. The van der Waals surface area contributed by atoms with Gasteiger partial charge in [0.2, 0.25) is 0 Å². The van der Waals surface area contributed by atoms with Gasteiger partial charge in [-0.05, 0) is 45.3 Å². The Morgan fingerprint density at radius 1 is 1.12 bits per heavy atom. The van der Waals surface area contributed by atoms with E-state index < -0.39 is 0 Å². The molecular weight excluding hydrogens is 230 g/mol. The van der Waals surface area contributed by atoms with Crippen LogP contribution in [0.5, 0.6) is 0 Å². The highest BCUT2D eigenvalue weighted by Crippen LogP contribution is 2.12. The summed E-state index contributed by atoms with van der Waals surface area (Å²) in [5.41, 5.74) is 0. The topological polar surface area (TPSA) is 27.6 Å². The van der Waals surface area contributed by atoms with E-state index in [1.165, 1.54) is 69.1 Å². The average Bonchev–Trinajstić information content (AvgIpc) is 2.72. The first-order valence-corrected chi connectivity index (χ1v) is 8.07. The van der Waals surface area contributed by atoms with Gasteiger partial charge in [-0.15, -0.1) is 0 Å². The molecule has 0 amide bonds. The van der Waals surface area contributed by atoms with Gasteiger partial charge in [0.1, 0.15) is 0 Å². The monoisotopic (exact) mass is 255 g/mol. The van der Waals surface area contributed by atoms with Crippen molar-refractivity contribution < 1.29 is 0 Å². The zero-order valence-electron chi connectivity index (χ0n) is 10.8. The first-order chi connectivity index (χ1) is 8.45. The lowest BCUT2D eigenvalue weighted by molar-refractivity contribution is 0.281. The minimum Gasteiger partial charge on any atom is -0.363 e. The van der Waals surface area contributed by atoms with Crippen molar-refractivity contribution in [1.82, 2.24) is 10.2 Å². The van der Waals surface area contributed by atoms with E-state index in [1.54, 1.807) is 0 Å². The minimum atomic E-state index is 0.968. The molecule has 1 fully saturated rings. The molecule has 2 heterocycles. The number of amidine groups is 1. The second-order valence-electron chi connectivity index (χ2n) is 4.93. The fraction of sp³-hybridized carbons (Fsp3) is 0.923. The van der Waals surface area contributed by atoms with Crippen molar-refractivity contribution in [1.29, 1.82) is 0 Å². The molecule has 3 nitrogen and oxygen atoms in total. The van der Waals surface area contributed by atoms with Crippen LogP contribution < -0.4 is 5.32 Å². The van der Waals surface area contributed by atoms with Crippen LogP contribution >= 0.6 is 11.8 Å². The number of rotatable bonds is 5. The fourth-order valence-corrected chi connectivity index (χ4v) is 3.37. The molecule has 1 N–H and O–H groups in total. The summed E-state index contributed by atoms with van der Waals surface area (Å²) in [4.78, 5) is 7.05. The lowest BCUT2D eigenvalue weighted by atomic mass is 10.2. The summed E-state index contributed by atoms with van der Waals surface area (Å²) < 4.78 is 0. The first kappa shape index (κ1) is 13.2. The highest BCUT2D eigenvalue weighted by atomic mass is 32.2. The molecule has 0 aliphatic carbocycles. The molecule has 2 aliphatic heterocycles. The summed E-state index contributed by atoms with van der Waals surface area (Å²) in [6, 6.07) is 0. The summed E-state index contributed by atoms with van der Waals surface area (Å²) in [6.07, 6.45) is 8.38. The summed E-state index contributed by atoms with van der Waals surface area (Å²) in [7, 11) is 0. The van der Waals surface area contributed by atoms with Crippen molar-refractivity contribution in [3.63, 3.8) is 0 Å². The molecular formula is C13H25N3S. The van der Waals surface area contributed by atoms with Crippen LogP contribution in [0.15, 0.2) is 4.99 Å². The number of likely N-dealkylation sites (tertiary alicyclic amines) is 1. The fourth-order valence-electron chi connectivity index (χ4n) is 2.44. The van der Waals surface area contributed by atoms with E-state index in [0.29, 0.717) is 0 Å².